The first-order valence-electron chi connectivity index (χ1n) is 5.17. The van der Waals surface area contributed by atoms with Crippen LogP contribution in [0.4, 0.5) is 0 Å². The van der Waals surface area contributed by atoms with Crippen molar-refractivity contribution in [3.8, 4) is 5.75 Å². The van der Waals surface area contributed by atoms with E-state index in [-0.39, 0.29) is 6.61 Å². The van der Waals surface area contributed by atoms with E-state index in [4.69, 9.17) is 14.6 Å². The average molecular weight is 228 g/mol. The standard InChI is InChI=1S/C10H16N2O4/c1-3-12-6-8(5-11-12)16-7-9(10(13)14)15-4-2/h5-6,9H,3-4,7H2,1-2H3,(H,13,14). The smallest absolute Gasteiger partial charge is 0.336 e. The fourth-order valence-electron chi connectivity index (χ4n) is 1.16. The molecular formula is C10H16N2O4. The molecule has 0 bridgehead atoms. The Morgan fingerprint density at radius 1 is 1.62 bits per heavy atom. The third kappa shape index (κ3) is 3.54. The molecule has 0 radical (unpaired) electrons. The number of carboxylic acid groups (broad SMARTS) is 1. The molecule has 0 aliphatic heterocycles. The molecule has 0 saturated heterocycles. The summed E-state index contributed by atoms with van der Waals surface area (Å²) in [5.41, 5.74) is 0. The molecule has 1 N–H and O–H groups in total. The van der Waals surface area contributed by atoms with E-state index in [1.807, 2.05) is 6.92 Å². The fourth-order valence-corrected chi connectivity index (χ4v) is 1.16. The fraction of sp³-hybridized carbons (Fsp3) is 0.600. The van der Waals surface area contributed by atoms with Gasteiger partial charge in [-0.25, -0.2) is 4.79 Å². The molecule has 6 heteroatoms. The summed E-state index contributed by atoms with van der Waals surface area (Å²) in [5.74, 6) is -0.475. The van der Waals surface area contributed by atoms with Gasteiger partial charge in [0.1, 0.15) is 6.61 Å². The molecule has 1 aromatic rings. The van der Waals surface area contributed by atoms with E-state index in [9.17, 15) is 4.79 Å². The topological polar surface area (TPSA) is 73.6 Å². The summed E-state index contributed by atoms with van der Waals surface area (Å²) in [6, 6.07) is 0. The first-order chi connectivity index (χ1) is 7.67. The molecule has 90 valence electrons. The molecular weight excluding hydrogens is 212 g/mol. The second kappa shape index (κ2) is 6.12. The van der Waals surface area contributed by atoms with Crippen LogP contribution in [-0.2, 0) is 16.1 Å². The Balaban J connectivity index is 2.45. The molecule has 0 saturated carbocycles. The highest BCUT2D eigenvalue weighted by molar-refractivity contribution is 5.72. The maximum Gasteiger partial charge on any atom is 0.336 e. The number of aliphatic carboxylic acids is 1. The lowest BCUT2D eigenvalue weighted by Crippen LogP contribution is -2.30. The molecule has 0 aliphatic carbocycles. The Hall–Kier alpha value is -1.56. The summed E-state index contributed by atoms with van der Waals surface area (Å²) < 4.78 is 12.0. The summed E-state index contributed by atoms with van der Waals surface area (Å²) in [6.45, 7) is 4.77. The Kier molecular flexibility index (Phi) is 4.78. The molecule has 0 aliphatic rings. The number of aromatic nitrogens is 2. The molecule has 1 unspecified atom stereocenters. The van der Waals surface area contributed by atoms with Crippen molar-refractivity contribution in [2.24, 2.45) is 0 Å². The van der Waals surface area contributed by atoms with Crippen molar-refractivity contribution in [2.45, 2.75) is 26.5 Å². The van der Waals surface area contributed by atoms with E-state index >= 15 is 0 Å². The van der Waals surface area contributed by atoms with E-state index in [1.54, 1.807) is 24.0 Å². The van der Waals surface area contributed by atoms with Crippen molar-refractivity contribution >= 4 is 5.97 Å². The number of aryl methyl sites for hydroxylation is 1. The van der Waals surface area contributed by atoms with Gasteiger partial charge in [-0.05, 0) is 13.8 Å². The molecule has 0 aromatic carbocycles. The normalized spacial score (nSPS) is 12.4. The number of carbonyl (C=O) groups is 1. The SMILES string of the molecule is CCOC(COc1cnn(CC)c1)C(=O)O. The van der Waals surface area contributed by atoms with Crippen LogP contribution < -0.4 is 4.74 Å². The zero-order valence-electron chi connectivity index (χ0n) is 9.42. The molecule has 0 spiro atoms. The van der Waals surface area contributed by atoms with Gasteiger partial charge in [-0.3, -0.25) is 4.68 Å². The Labute approximate surface area is 93.8 Å². The highest BCUT2D eigenvalue weighted by atomic mass is 16.5. The quantitative estimate of drug-likeness (QED) is 0.746. The highest BCUT2D eigenvalue weighted by Crippen LogP contribution is 2.09. The van der Waals surface area contributed by atoms with E-state index in [2.05, 4.69) is 5.10 Å². The van der Waals surface area contributed by atoms with Gasteiger partial charge in [0.2, 0.25) is 0 Å². The van der Waals surface area contributed by atoms with Gasteiger partial charge in [0.15, 0.2) is 11.9 Å². The molecule has 0 amide bonds. The summed E-state index contributed by atoms with van der Waals surface area (Å²) in [5, 5.41) is 12.8. The average Bonchev–Trinajstić information content (AvgIpc) is 2.71. The third-order valence-corrected chi connectivity index (χ3v) is 1.98. The van der Waals surface area contributed by atoms with Crippen molar-refractivity contribution < 1.29 is 19.4 Å². The van der Waals surface area contributed by atoms with Crippen LogP contribution in [0.3, 0.4) is 0 Å². The Bertz CT molecular complexity index is 337. The predicted molar refractivity (Wildman–Crippen MR) is 56.4 cm³/mol. The lowest BCUT2D eigenvalue weighted by molar-refractivity contribution is -0.152. The van der Waals surface area contributed by atoms with Crippen LogP contribution in [0.2, 0.25) is 0 Å². The number of ether oxygens (including phenoxy) is 2. The zero-order valence-corrected chi connectivity index (χ0v) is 9.42. The number of nitrogens with zero attached hydrogens (tertiary/aromatic N) is 2. The van der Waals surface area contributed by atoms with Crippen molar-refractivity contribution in [1.82, 2.24) is 9.78 Å². The van der Waals surface area contributed by atoms with Crippen LogP contribution in [0.15, 0.2) is 12.4 Å². The summed E-state index contributed by atoms with van der Waals surface area (Å²) in [7, 11) is 0. The Morgan fingerprint density at radius 3 is 2.88 bits per heavy atom. The number of rotatable bonds is 7. The number of carboxylic acids is 1. The van der Waals surface area contributed by atoms with Gasteiger partial charge >= 0.3 is 5.97 Å². The number of hydrogen-bond donors (Lipinski definition) is 1. The minimum atomic E-state index is -1.02. The summed E-state index contributed by atoms with van der Waals surface area (Å²) in [4.78, 5) is 10.7. The van der Waals surface area contributed by atoms with Gasteiger partial charge in [0, 0.05) is 13.2 Å². The molecule has 1 aromatic heterocycles. The van der Waals surface area contributed by atoms with Crippen LogP contribution in [0.5, 0.6) is 5.75 Å². The second-order valence-electron chi connectivity index (χ2n) is 3.12. The molecule has 0 fully saturated rings. The second-order valence-corrected chi connectivity index (χ2v) is 3.12. The largest absolute Gasteiger partial charge is 0.487 e. The molecule has 16 heavy (non-hydrogen) atoms. The van der Waals surface area contributed by atoms with Gasteiger partial charge < -0.3 is 14.6 Å². The summed E-state index contributed by atoms with van der Waals surface area (Å²) in [6.07, 6.45) is 2.33. The van der Waals surface area contributed by atoms with Crippen molar-refractivity contribution in [3.05, 3.63) is 12.4 Å². The minimum Gasteiger partial charge on any atom is -0.487 e. The first-order valence-corrected chi connectivity index (χ1v) is 5.17. The van der Waals surface area contributed by atoms with Crippen LogP contribution in [0.1, 0.15) is 13.8 Å². The van der Waals surface area contributed by atoms with E-state index in [0.717, 1.165) is 6.54 Å². The molecule has 1 heterocycles. The monoisotopic (exact) mass is 228 g/mol. The Morgan fingerprint density at radius 2 is 2.38 bits per heavy atom. The highest BCUT2D eigenvalue weighted by Gasteiger charge is 2.18. The number of hydrogen-bond acceptors (Lipinski definition) is 4. The van der Waals surface area contributed by atoms with Gasteiger partial charge in [0.25, 0.3) is 0 Å². The minimum absolute atomic E-state index is 0.0153. The van der Waals surface area contributed by atoms with Crippen molar-refractivity contribution in [3.63, 3.8) is 0 Å². The van der Waals surface area contributed by atoms with Crippen molar-refractivity contribution in [1.29, 1.82) is 0 Å². The summed E-state index contributed by atoms with van der Waals surface area (Å²) >= 11 is 0. The van der Waals surface area contributed by atoms with E-state index in [1.165, 1.54) is 0 Å². The zero-order chi connectivity index (χ0) is 12.0. The molecule has 1 atom stereocenters. The van der Waals surface area contributed by atoms with Gasteiger partial charge in [0.05, 0.1) is 12.4 Å². The van der Waals surface area contributed by atoms with Crippen LogP contribution >= 0.6 is 0 Å². The molecule has 1 rings (SSSR count). The van der Waals surface area contributed by atoms with Crippen LogP contribution in [-0.4, -0.2) is 40.2 Å². The first kappa shape index (κ1) is 12.5. The van der Waals surface area contributed by atoms with Crippen LogP contribution in [0.25, 0.3) is 0 Å². The van der Waals surface area contributed by atoms with Gasteiger partial charge in [-0.15, -0.1) is 0 Å². The lowest BCUT2D eigenvalue weighted by Gasteiger charge is -2.12. The predicted octanol–water partition coefficient (Wildman–Crippen LogP) is 0.771. The maximum atomic E-state index is 10.7. The van der Waals surface area contributed by atoms with Gasteiger partial charge in [-0.1, -0.05) is 0 Å². The third-order valence-electron chi connectivity index (χ3n) is 1.98. The van der Waals surface area contributed by atoms with E-state index in [0.29, 0.717) is 12.4 Å². The maximum absolute atomic E-state index is 10.7. The lowest BCUT2D eigenvalue weighted by atomic mass is 10.4. The van der Waals surface area contributed by atoms with E-state index < -0.39 is 12.1 Å². The van der Waals surface area contributed by atoms with Crippen molar-refractivity contribution in [2.75, 3.05) is 13.2 Å². The molecule has 6 nitrogen and oxygen atoms in total. The van der Waals surface area contributed by atoms with Crippen LogP contribution in [0, 0.1) is 0 Å². The van der Waals surface area contributed by atoms with Gasteiger partial charge in [-0.2, -0.15) is 5.10 Å².